The Labute approximate surface area is 107 Å². The van der Waals surface area contributed by atoms with Crippen LogP contribution in [0.3, 0.4) is 0 Å². The van der Waals surface area contributed by atoms with E-state index in [2.05, 4.69) is 10.6 Å². The Bertz CT molecular complexity index is 277. The summed E-state index contributed by atoms with van der Waals surface area (Å²) in [5.74, 6) is -0.988. The monoisotopic (exact) mass is 258 g/mol. The largest absolute Gasteiger partial charge is 0.480 e. The van der Waals surface area contributed by atoms with Crippen molar-refractivity contribution in [2.75, 3.05) is 13.2 Å². The Hall–Kier alpha value is -1.30. The highest BCUT2D eigenvalue weighted by molar-refractivity contribution is 5.82. The average Bonchev–Trinajstić information content (AvgIpc) is 2.35. The lowest BCUT2D eigenvalue weighted by Gasteiger charge is -2.24. The lowest BCUT2D eigenvalue weighted by molar-refractivity contribution is -0.139. The zero-order chi connectivity index (χ0) is 13.4. The van der Waals surface area contributed by atoms with Crippen molar-refractivity contribution in [1.82, 2.24) is 10.6 Å². The number of carboxylic acids is 1. The lowest BCUT2D eigenvalue weighted by atomic mass is 10.1. The van der Waals surface area contributed by atoms with Crippen LogP contribution in [0.4, 0.5) is 4.79 Å². The van der Waals surface area contributed by atoms with E-state index in [4.69, 9.17) is 9.84 Å². The van der Waals surface area contributed by atoms with Crippen LogP contribution in [-0.2, 0) is 9.53 Å². The van der Waals surface area contributed by atoms with Gasteiger partial charge in [-0.3, -0.25) is 0 Å². The van der Waals surface area contributed by atoms with E-state index >= 15 is 0 Å². The highest BCUT2D eigenvalue weighted by Crippen LogP contribution is 2.06. The molecule has 1 aliphatic heterocycles. The SMILES string of the molecule is CCCC[C@H](NC(=O)NC1CCCOC1)C(=O)O. The molecule has 3 N–H and O–H groups in total. The van der Waals surface area contributed by atoms with Crippen molar-refractivity contribution < 1.29 is 19.4 Å². The van der Waals surface area contributed by atoms with E-state index in [1.165, 1.54) is 0 Å². The zero-order valence-electron chi connectivity index (χ0n) is 10.8. The molecule has 0 aliphatic carbocycles. The van der Waals surface area contributed by atoms with Gasteiger partial charge in [-0.25, -0.2) is 9.59 Å². The summed E-state index contributed by atoms with van der Waals surface area (Å²) in [5.41, 5.74) is 0. The molecular weight excluding hydrogens is 236 g/mol. The van der Waals surface area contributed by atoms with Crippen LogP contribution in [-0.4, -0.2) is 42.4 Å². The standard InChI is InChI=1S/C12H22N2O4/c1-2-3-6-10(11(15)16)14-12(17)13-9-5-4-7-18-8-9/h9-10H,2-8H2,1H3,(H,15,16)(H2,13,14,17)/t9?,10-/m0/s1. The molecule has 18 heavy (non-hydrogen) atoms. The predicted octanol–water partition coefficient (Wildman–Crippen LogP) is 1.11. The van der Waals surface area contributed by atoms with E-state index < -0.39 is 18.0 Å². The summed E-state index contributed by atoms with van der Waals surface area (Å²) in [7, 11) is 0. The van der Waals surface area contributed by atoms with E-state index in [9.17, 15) is 9.59 Å². The number of amides is 2. The number of ether oxygens (including phenoxy) is 1. The fraction of sp³-hybridized carbons (Fsp3) is 0.833. The Morgan fingerprint density at radius 2 is 2.28 bits per heavy atom. The van der Waals surface area contributed by atoms with Gasteiger partial charge >= 0.3 is 12.0 Å². The van der Waals surface area contributed by atoms with Crippen LogP contribution in [0.5, 0.6) is 0 Å². The molecule has 0 radical (unpaired) electrons. The first-order chi connectivity index (χ1) is 8.63. The Morgan fingerprint density at radius 1 is 1.50 bits per heavy atom. The third kappa shape index (κ3) is 5.35. The molecule has 0 spiro atoms. The van der Waals surface area contributed by atoms with Gasteiger partial charge in [-0.05, 0) is 19.3 Å². The van der Waals surface area contributed by atoms with Crippen LogP contribution in [0.25, 0.3) is 0 Å². The van der Waals surface area contributed by atoms with Crippen LogP contribution in [0.15, 0.2) is 0 Å². The number of rotatable bonds is 6. The van der Waals surface area contributed by atoms with E-state index in [1.54, 1.807) is 0 Å². The molecule has 0 aromatic heterocycles. The van der Waals surface area contributed by atoms with Gasteiger partial charge in [0.2, 0.25) is 0 Å². The molecule has 0 bridgehead atoms. The molecule has 1 unspecified atom stereocenters. The highest BCUT2D eigenvalue weighted by atomic mass is 16.5. The van der Waals surface area contributed by atoms with E-state index in [0.717, 1.165) is 32.3 Å². The third-order valence-electron chi connectivity index (χ3n) is 2.95. The predicted molar refractivity (Wildman–Crippen MR) is 66.5 cm³/mol. The summed E-state index contributed by atoms with van der Waals surface area (Å²) in [5, 5.41) is 14.2. The van der Waals surface area contributed by atoms with Crippen molar-refractivity contribution >= 4 is 12.0 Å². The van der Waals surface area contributed by atoms with Crippen molar-refractivity contribution in [3.63, 3.8) is 0 Å². The second-order valence-corrected chi connectivity index (χ2v) is 4.56. The maximum atomic E-state index is 11.6. The summed E-state index contributed by atoms with van der Waals surface area (Å²) >= 11 is 0. The number of hydrogen-bond acceptors (Lipinski definition) is 3. The average molecular weight is 258 g/mol. The second kappa shape index (κ2) is 7.92. The maximum absolute atomic E-state index is 11.6. The smallest absolute Gasteiger partial charge is 0.326 e. The molecule has 0 saturated carbocycles. The first-order valence-corrected chi connectivity index (χ1v) is 6.51. The Kier molecular flexibility index (Phi) is 6.49. The summed E-state index contributed by atoms with van der Waals surface area (Å²) < 4.78 is 5.24. The van der Waals surface area contributed by atoms with Crippen LogP contribution < -0.4 is 10.6 Å². The molecule has 6 heteroatoms. The summed E-state index contributed by atoms with van der Waals surface area (Å²) in [6.07, 6.45) is 3.94. The van der Waals surface area contributed by atoms with Crippen LogP contribution in [0.1, 0.15) is 39.0 Å². The highest BCUT2D eigenvalue weighted by Gasteiger charge is 2.21. The normalized spacial score (nSPS) is 21.1. The number of carboxylic acid groups (broad SMARTS) is 1. The minimum Gasteiger partial charge on any atom is -0.480 e. The molecule has 2 atom stereocenters. The number of unbranched alkanes of at least 4 members (excludes halogenated alkanes) is 1. The second-order valence-electron chi connectivity index (χ2n) is 4.56. The van der Waals surface area contributed by atoms with Crippen molar-refractivity contribution in [2.24, 2.45) is 0 Å². The van der Waals surface area contributed by atoms with Gasteiger partial charge in [-0.2, -0.15) is 0 Å². The lowest BCUT2D eigenvalue weighted by Crippen LogP contribution is -2.50. The van der Waals surface area contributed by atoms with Crippen LogP contribution >= 0.6 is 0 Å². The van der Waals surface area contributed by atoms with E-state index in [1.807, 2.05) is 6.92 Å². The van der Waals surface area contributed by atoms with Crippen molar-refractivity contribution in [1.29, 1.82) is 0 Å². The topological polar surface area (TPSA) is 87.7 Å². The first-order valence-electron chi connectivity index (χ1n) is 6.51. The molecule has 1 aliphatic rings. The number of carbonyl (C=O) groups is 2. The van der Waals surface area contributed by atoms with Crippen LogP contribution in [0, 0.1) is 0 Å². The van der Waals surface area contributed by atoms with Crippen LogP contribution in [0.2, 0.25) is 0 Å². The van der Waals surface area contributed by atoms with Gasteiger partial charge in [0, 0.05) is 6.61 Å². The van der Waals surface area contributed by atoms with Gasteiger partial charge in [0.15, 0.2) is 0 Å². The van der Waals surface area contributed by atoms with Gasteiger partial charge < -0.3 is 20.5 Å². The number of urea groups is 1. The molecule has 1 saturated heterocycles. The minimum atomic E-state index is -0.988. The molecule has 2 amide bonds. The minimum absolute atomic E-state index is 0.0145. The van der Waals surface area contributed by atoms with E-state index in [-0.39, 0.29) is 6.04 Å². The number of nitrogens with one attached hydrogen (secondary N) is 2. The molecule has 0 aromatic carbocycles. The first kappa shape index (κ1) is 14.8. The van der Waals surface area contributed by atoms with Crippen molar-refractivity contribution in [3.05, 3.63) is 0 Å². The molecule has 1 fully saturated rings. The quantitative estimate of drug-likeness (QED) is 0.666. The summed E-state index contributed by atoms with van der Waals surface area (Å²) in [6, 6.07) is -1.25. The zero-order valence-corrected chi connectivity index (χ0v) is 10.8. The number of carbonyl (C=O) groups excluding carboxylic acids is 1. The maximum Gasteiger partial charge on any atom is 0.326 e. The fourth-order valence-corrected chi connectivity index (χ4v) is 1.91. The van der Waals surface area contributed by atoms with Crippen molar-refractivity contribution in [3.8, 4) is 0 Å². The van der Waals surface area contributed by atoms with Crippen molar-refractivity contribution in [2.45, 2.75) is 51.1 Å². The fourth-order valence-electron chi connectivity index (χ4n) is 1.91. The molecule has 104 valence electrons. The summed E-state index contributed by atoms with van der Waals surface area (Å²) in [4.78, 5) is 22.6. The molecule has 0 aromatic rings. The Balaban J connectivity index is 2.32. The molecule has 1 rings (SSSR count). The third-order valence-corrected chi connectivity index (χ3v) is 2.95. The summed E-state index contributed by atoms with van der Waals surface area (Å²) in [6.45, 7) is 3.21. The Morgan fingerprint density at radius 3 is 2.83 bits per heavy atom. The molecule has 6 nitrogen and oxygen atoms in total. The number of aliphatic carboxylic acids is 1. The van der Waals surface area contributed by atoms with Gasteiger partial charge in [-0.1, -0.05) is 19.8 Å². The van der Waals surface area contributed by atoms with Gasteiger partial charge in [0.05, 0.1) is 12.6 Å². The van der Waals surface area contributed by atoms with E-state index in [0.29, 0.717) is 13.0 Å². The van der Waals surface area contributed by atoms with Gasteiger partial charge in [-0.15, -0.1) is 0 Å². The van der Waals surface area contributed by atoms with Gasteiger partial charge in [0.1, 0.15) is 6.04 Å². The molecule has 1 heterocycles. The number of hydrogen-bond donors (Lipinski definition) is 3. The van der Waals surface area contributed by atoms with Gasteiger partial charge in [0.25, 0.3) is 0 Å². The molecular formula is C12H22N2O4.